The van der Waals surface area contributed by atoms with Crippen molar-refractivity contribution in [1.29, 1.82) is 0 Å². The lowest BCUT2D eigenvalue weighted by Crippen LogP contribution is -3.00. The van der Waals surface area contributed by atoms with Crippen molar-refractivity contribution in [2.75, 3.05) is 0 Å². The molecule has 0 saturated heterocycles. The highest BCUT2D eigenvalue weighted by Crippen LogP contribution is 2.07. The lowest BCUT2D eigenvalue weighted by molar-refractivity contribution is -0.00100. The summed E-state index contributed by atoms with van der Waals surface area (Å²) in [4.78, 5) is 0. The van der Waals surface area contributed by atoms with Crippen LogP contribution in [0.2, 0.25) is 0 Å². The fourth-order valence-corrected chi connectivity index (χ4v) is 1.21. The Hall–Kier alpha value is 0.960. The molecular weight excluding hydrogens is 280 g/mol. The van der Waals surface area contributed by atoms with Gasteiger partial charge in [-0.3, -0.25) is 0 Å². The lowest BCUT2D eigenvalue weighted by Gasteiger charge is -1.97. The predicted molar refractivity (Wildman–Crippen MR) is 48.3 cm³/mol. The molecule has 0 radical (unpaired) electrons. The highest BCUT2D eigenvalue weighted by molar-refractivity contribution is 4.43. The molecule has 0 aromatic heterocycles. The highest BCUT2D eigenvalue weighted by Gasteiger charge is 1.87. The molecule has 0 nitrogen and oxygen atoms in total. The van der Waals surface area contributed by atoms with Gasteiger partial charge in [0.2, 0.25) is 0 Å². The molecule has 0 amide bonds. The van der Waals surface area contributed by atoms with Crippen LogP contribution in [0.15, 0.2) is 0 Å². The average molecular weight is 302 g/mol. The third kappa shape index (κ3) is 17.2. The third-order valence-corrected chi connectivity index (χ3v) is 1.96. The van der Waals surface area contributed by atoms with Gasteiger partial charge in [-0.05, 0) is 0 Å². The molecule has 0 heterocycles. The van der Waals surface area contributed by atoms with Crippen molar-refractivity contribution in [3.63, 3.8) is 0 Å². The molecule has 0 saturated carbocycles. The molecule has 0 spiro atoms. The van der Waals surface area contributed by atoms with Crippen LogP contribution >= 0.6 is 0 Å². The minimum atomic E-state index is 0. The molecule has 0 aromatic rings. The van der Waals surface area contributed by atoms with Crippen LogP contribution in [0.3, 0.4) is 0 Å². The molecule has 2 heteroatoms. The molecule has 0 bridgehead atoms. The summed E-state index contributed by atoms with van der Waals surface area (Å²) in [5.74, 6) is 0. The van der Waals surface area contributed by atoms with Crippen LogP contribution in [0.1, 0.15) is 65.2 Å². The average Bonchev–Trinajstić information content (AvgIpc) is 1.97. The molecular formula is C10H22Br2-2. The Morgan fingerprint density at radius 2 is 0.750 bits per heavy atom. The van der Waals surface area contributed by atoms with Crippen molar-refractivity contribution in [1.82, 2.24) is 0 Å². The fourth-order valence-electron chi connectivity index (χ4n) is 1.21. The number of rotatable bonds is 7. The first-order valence-corrected chi connectivity index (χ1v) is 4.91. The van der Waals surface area contributed by atoms with E-state index in [1.54, 1.807) is 0 Å². The van der Waals surface area contributed by atoms with E-state index >= 15 is 0 Å². The molecule has 78 valence electrons. The number of hydrogen-bond donors (Lipinski definition) is 0. The van der Waals surface area contributed by atoms with Gasteiger partial charge in [-0.25, -0.2) is 0 Å². The van der Waals surface area contributed by atoms with Gasteiger partial charge in [-0.15, -0.1) is 0 Å². The monoisotopic (exact) mass is 300 g/mol. The molecule has 0 atom stereocenters. The van der Waals surface area contributed by atoms with Crippen molar-refractivity contribution in [2.45, 2.75) is 65.2 Å². The predicted octanol–water partition coefficient (Wildman–Crippen LogP) is -1.84. The normalized spacial score (nSPS) is 8.50. The van der Waals surface area contributed by atoms with Crippen LogP contribution in [0, 0.1) is 0 Å². The van der Waals surface area contributed by atoms with Gasteiger partial charge in [0.1, 0.15) is 0 Å². The van der Waals surface area contributed by atoms with Gasteiger partial charge in [-0.1, -0.05) is 65.2 Å². The molecule has 0 unspecified atom stereocenters. The Balaban J connectivity index is -0.000000405. The lowest BCUT2D eigenvalue weighted by atomic mass is 10.1. The van der Waals surface area contributed by atoms with Gasteiger partial charge in [0.25, 0.3) is 0 Å². The summed E-state index contributed by atoms with van der Waals surface area (Å²) in [7, 11) is 0. The summed E-state index contributed by atoms with van der Waals surface area (Å²) >= 11 is 0. The molecule has 0 fully saturated rings. The summed E-state index contributed by atoms with van der Waals surface area (Å²) in [6.45, 7) is 4.54. The molecule has 0 aliphatic rings. The van der Waals surface area contributed by atoms with Crippen LogP contribution in [0.5, 0.6) is 0 Å². The van der Waals surface area contributed by atoms with Crippen LogP contribution < -0.4 is 34.0 Å². The number of halogens is 2. The minimum absolute atomic E-state index is 0. The second kappa shape index (κ2) is 17.9. The number of hydrogen-bond acceptors (Lipinski definition) is 0. The Morgan fingerprint density at radius 3 is 1.00 bits per heavy atom. The summed E-state index contributed by atoms with van der Waals surface area (Å²) in [5.41, 5.74) is 0. The van der Waals surface area contributed by atoms with Crippen molar-refractivity contribution in [3.8, 4) is 0 Å². The zero-order chi connectivity index (χ0) is 7.66. The first-order valence-electron chi connectivity index (χ1n) is 4.91. The van der Waals surface area contributed by atoms with Gasteiger partial charge in [0.05, 0.1) is 0 Å². The Labute approximate surface area is 99.0 Å². The van der Waals surface area contributed by atoms with Crippen molar-refractivity contribution in [2.24, 2.45) is 0 Å². The fraction of sp³-hybridized carbons (Fsp3) is 1.00. The van der Waals surface area contributed by atoms with Gasteiger partial charge in [0, 0.05) is 0 Å². The van der Waals surface area contributed by atoms with E-state index in [0.29, 0.717) is 0 Å². The van der Waals surface area contributed by atoms with Gasteiger partial charge in [0.15, 0.2) is 0 Å². The first-order chi connectivity index (χ1) is 4.91. The van der Waals surface area contributed by atoms with E-state index < -0.39 is 0 Å². The molecule has 0 rings (SSSR count). The van der Waals surface area contributed by atoms with Crippen LogP contribution in [-0.4, -0.2) is 0 Å². The molecule has 0 aliphatic carbocycles. The van der Waals surface area contributed by atoms with Gasteiger partial charge in [-0.2, -0.15) is 0 Å². The molecule has 0 aromatic carbocycles. The second-order valence-electron chi connectivity index (χ2n) is 3.12. The standard InChI is InChI=1S/C10H22.2BrH/c1-3-5-7-9-10-8-6-4-2;;/h3-10H2,1-2H3;2*1H/p-2. The van der Waals surface area contributed by atoms with E-state index in [0.717, 1.165) is 0 Å². The number of unbranched alkanes of at least 4 members (excludes halogenated alkanes) is 7. The maximum atomic E-state index is 2.27. The quantitative estimate of drug-likeness (QED) is 0.485. The highest BCUT2D eigenvalue weighted by atomic mass is 79.9. The topological polar surface area (TPSA) is 0 Å². The minimum Gasteiger partial charge on any atom is -1.00 e. The van der Waals surface area contributed by atoms with Gasteiger partial charge < -0.3 is 34.0 Å². The van der Waals surface area contributed by atoms with Crippen LogP contribution in [0.4, 0.5) is 0 Å². The Morgan fingerprint density at radius 1 is 0.500 bits per heavy atom. The van der Waals surface area contributed by atoms with E-state index in [4.69, 9.17) is 0 Å². The van der Waals surface area contributed by atoms with Crippen LogP contribution in [-0.2, 0) is 0 Å². The largest absolute Gasteiger partial charge is 1.00 e. The third-order valence-electron chi connectivity index (χ3n) is 1.96. The molecule has 12 heavy (non-hydrogen) atoms. The second-order valence-corrected chi connectivity index (χ2v) is 3.12. The zero-order valence-electron chi connectivity index (χ0n) is 8.41. The Bertz CT molecular complexity index is 47.8. The summed E-state index contributed by atoms with van der Waals surface area (Å²) in [6.07, 6.45) is 11.5. The van der Waals surface area contributed by atoms with E-state index in [9.17, 15) is 0 Å². The summed E-state index contributed by atoms with van der Waals surface area (Å²) in [5, 5.41) is 0. The van der Waals surface area contributed by atoms with Crippen LogP contribution in [0.25, 0.3) is 0 Å². The molecule has 0 N–H and O–H groups in total. The van der Waals surface area contributed by atoms with Crippen molar-refractivity contribution >= 4 is 0 Å². The van der Waals surface area contributed by atoms with Gasteiger partial charge >= 0.3 is 0 Å². The van der Waals surface area contributed by atoms with Crippen molar-refractivity contribution < 1.29 is 34.0 Å². The maximum Gasteiger partial charge on any atom is -0.0533 e. The zero-order valence-corrected chi connectivity index (χ0v) is 11.6. The summed E-state index contributed by atoms with van der Waals surface area (Å²) in [6, 6.07) is 0. The van der Waals surface area contributed by atoms with E-state index in [1.165, 1.54) is 51.4 Å². The van der Waals surface area contributed by atoms with E-state index in [2.05, 4.69) is 13.8 Å². The summed E-state index contributed by atoms with van der Waals surface area (Å²) < 4.78 is 0. The van der Waals surface area contributed by atoms with E-state index in [1.807, 2.05) is 0 Å². The maximum absolute atomic E-state index is 2.27. The Kier molecular flexibility index (Phi) is 27.9. The smallest absolute Gasteiger partial charge is 0.0533 e. The first kappa shape index (κ1) is 18.7. The molecule has 0 aliphatic heterocycles. The van der Waals surface area contributed by atoms with E-state index in [-0.39, 0.29) is 34.0 Å². The SMILES string of the molecule is CCCCCCCCCC.[Br-].[Br-]. The van der Waals surface area contributed by atoms with Crippen molar-refractivity contribution in [3.05, 3.63) is 0 Å².